The van der Waals surface area contributed by atoms with Gasteiger partial charge in [-0.25, -0.2) is 0 Å². The van der Waals surface area contributed by atoms with Crippen LogP contribution in [0.25, 0.3) is 0 Å². The summed E-state index contributed by atoms with van der Waals surface area (Å²) in [5.41, 5.74) is 5.77. The monoisotopic (exact) mass is 242 g/mol. The van der Waals surface area contributed by atoms with Gasteiger partial charge in [-0.2, -0.15) is 0 Å². The van der Waals surface area contributed by atoms with E-state index >= 15 is 0 Å². The molecular formula is C12H22N2O3. The highest BCUT2D eigenvalue weighted by Crippen LogP contribution is 2.29. The van der Waals surface area contributed by atoms with Crippen LogP contribution in [0, 0.1) is 0 Å². The van der Waals surface area contributed by atoms with Gasteiger partial charge in [0.05, 0.1) is 0 Å². The number of nitrogens with zero attached hydrogens (tertiary/aromatic N) is 1. The van der Waals surface area contributed by atoms with E-state index < -0.39 is 11.5 Å². The van der Waals surface area contributed by atoms with Crippen molar-refractivity contribution in [1.29, 1.82) is 0 Å². The van der Waals surface area contributed by atoms with Crippen LogP contribution in [0.3, 0.4) is 0 Å². The molecule has 0 aromatic heterocycles. The summed E-state index contributed by atoms with van der Waals surface area (Å²) < 4.78 is 0. The van der Waals surface area contributed by atoms with Crippen LogP contribution in [0.5, 0.6) is 0 Å². The van der Waals surface area contributed by atoms with E-state index in [9.17, 15) is 9.59 Å². The molecule has 0 radical (unpaired) electrons. The van der Waals surface area contributed by atoms with Gasteiger partial charge < -0.3 is 15.7 Å². The van der Waals surface area contributed by atoms with Gasteiger partial charge in [0.25, 0.3) is 0 Å². The SMILES string of the molecule is CCN(CC(=O)O)C(=O)CC1(N)CCCCC1. The predicted molar refractivity (Wildman–Crippen MR) is 64.5 cm³/mol. The Morgan fingerprint density at radius 1 is 1.29 bits per heavy atom. The lowest BCUT2D eigenvalue weighted by atomic mass is 9.80. The third kappa shape index (κ3) is 4.34. The Morgan fingerprint density at radius 2 is 1.88 bits per heavy atom. The molecule has 0 atom stereocenters. The maximum atomic E-state index is 12.0. The molecule has 17 heavy (non-hydrogen) atoms. The molecule has 98 valence electrons. The summed E-state index contributed by atoms with van der Waals surface area (Å²) in [6.07, 6.45) is 5.31. The number of carbonyl (C=O) groups is 2. The lowest BCUT2D eigenvalue weighted by Gasteiger charge is -2.34. The van der Waals surface area contributed by atoms with Crippen LogP contribution in [0.1, 0.15) is 45.4 Å². The van der Waals surface area contributed by atoms with Crippen LogP contribution < -0.4 is 5.73 Å². The van der Waals surface area contributed by atoms with Crippen molar-refractivity contribution in [3.63, 3.8) is 0 Å². The van der Waals surface area contributed by atoms with Crippen molar-refractivity contribution in [2.45, 2.75) is 51.0 Å². The van der Waals surface area contributed by atoms with Gasteiger partial charge in [0.2, 0.25) is 5.91 Å². The highest BCUT2D eigenvalue weighted by Gasteiger charge is 2.31. The molecule has 5 heteroatoms. The van der Waals surface area contributed by atoms with Crippen LogP contribution in [0.15, 0.2) is 0 Å². The van der Waals surface area contributed by atoms with Gasteiger partial charge >= 0.3 is 5.97 Å². The first kappa shape index (κ1) is 14.0. The van der Waals surface area contributed by atoms with Crippen LogP contribution in [0.2, 0.25) is 0 Å². The number of amides is 1. The van der Waals surface area contributed by atoms with Crippen molar-refractivity contribution in [3.05, 3.63) is 0 Å². The quantitative estimate of drug-likeness (QED) is 0.752. The number of likely N-dealkylation sites (N-methyl/N-ethyl adjacent to an activating group) is 1. The van der Waals surface area contributed by atoms with Gasteiger partial charge in [0.1, 0.15) is 6.54 Å². The minimum Gasteiger partial charge on any atom is -0.480 e. The van der Waals surface area contributed by atoms with Crippen molar-refractivity contribution in [2.75, 3.05) is 13.1 Å². The molecule has 0 aliphatic heterocycles. The van der Waals surface area contributed by atoms with Crippen LogP contribution in [-0.2, 0) is 9.59 Å². The molecule has 5 nitrogen and oxygen atoms in total. The zero-order valence-electron chi connectivity index (χ0n) is 10.4. The molecule has 0 unspecified atom stereocenters. The molecule has 1 aliphatic carbocycles. The summed E-state index contributed by atoms with van der Waals surface area (Å²) >= 11 is 0. The molecule has 0 aromatic rings. The Hall–Kier alpha value is -1.10. The molecule has 0 heterocycles. The second kappa shape index (κ2) is 6.00. The lowest BCUT2D eigenvalue weighted by molar-refractivity contribution is -0.145. The van der Waals surface area contributed by atoms with Crippen molar-refractivity contribution in [1.82, 2.24) is 4.90 Å². The van der Waals surface area contributed by atoms with Gasteiger partial charge in [0, 0.05) is 18.5 Å². The van der Waals surface area contributed by atoms with Crippen molar-refractivity contribution >= 4 is 11.9 Å². The van der Waals surface area contributed by atoms with E-state index in [0.717, 1.165) is 25.7 Å². The van der Waals surface area contributed by atoms with Crippen molar-refractivity contribution < 1.29 is 14.7 Å². The molecule has 0 saturated heterocycles. The minimum atomic E-state index is -0.977. The number of carbonyl (C=O) groups excluding carboxylic acids is 1. The minimum absolute atomic E-state index is 0.140. The zero-order valence-corrected chi connectivity index (χ0v) is 10.4. The fourth-order valence-corrected chi connectivity index (χ4v) is 2.39. The molecule has 3 N–H and O–H groups in total. The summed E-state index contributed by atoms with van der Waals surface area (Å²) in [6.45, 7) is 1.97. The van der Waals surface area contributed by atoms with E-state index in [1.54, 1.807) is 6.92 Å². The molecule has 0 aromatic carbocycles. The van der Waals surface area contributed by atoms with Gasteiger partial charge in [-0.15, -0.1) is 0 Å². The number of nitrogens with two attached hydrogens (primary N) is 1. The number of aliphatic carboxylic acids is 1. The summed E-state index contributed by atoms with van der Waals surface area (Å²) in [5, 5.41) is 8.71. The van der Waals surface area contributed by atoms with Gasteiger partial charge in [0.15, 0.2) is 0 Å². The molecule has 1 aliphatic rings. The standard InChI is InChI=1S/C12H22N2O3/c1-2-14(9-11(16)17)10(15)8-12(13)6-4-3-5-7-12/h2-9,13H2,1H3,(H,16,17). The summed E-state index contributed by atoms with van der Waals surface area (Å²) in [4.78, 5) is 23.9. The zero-order chi connectivity index (χ0) is 12.9. The first-order valence-electron chi connectivity index (χ1n) is 6.25. The third-order valence-electron chi connectivity index (χ3n) is 3.41. The first-order chi connectivity index (χ1) is 7.97. The number of hydrogen-bond acceptors (Lipinski definition) is 3. The van der Waals surface area contributed by atoms with Crippen LogP contribution in [0.4, 0.5) is 0 Å². The number of carboxylic acids is 1. The second-order valence-corrected chi connectivity index (χ2v) is 4.90. The predicted octanol–water partition coefficient (Wildman–Crippen LogP) is 0.971. The molecule has 1 rings (SSSR count). The van der Waals surface area contributed by atoms with Crippen LogP contribution in [-0.4, -0.2) is 40.5 Å². The highest BCUT2D eigenvalue weighted by molar-refractivity contribution is 5.82. The maximum Gasteiger partial charge on any atom is 0.323 e. The summed E-state index contributed by atoms with van der Waals surface area (Å²) in [6, 6.07) is 0. The molecule has 1 fully saturated rings. The fraction of sp³-hybridized carbons (Fsp3) is 0.833. The highest BCUT2D eigenvalue weighted by atomic mass is 16.4. The van der Waals surface area contributed by atoms with Gasteiger partial charge in [-0.1, -0.05) is 19.3 Å². The van der Waals surface area contributed by atoms with Gasteiger partial charge in [-0.05, 0) is 19.8 Å². The fourth-order valence-electron chi connectivity index (χ4n) is 2.39. The molecule has 0 bridgehead atoms. The average Bonchev–Trinajstić information content (AvgIpc) is 2.25. The second-order valence-electron chi connectivity index (χ2n) is 4.90. The van der Waals surface area contributed by atoms with Crippen molar-refractivity contribution in [3.8, 4) is 0 Å². The van der Waals surface area contributed by atoms with Gasteiger partial charge in [-0.3, -0.25) is 9.59 Å². The van der Waals surface area contributed by atoms with E-state index in [0.29, 0.717) is 6.54 Å². The molecule has 1 amide bonds. The van der Waals surface area contributed by atoms with E-state index in [4.69, 9.17) is 10.8 Å². The Kier molecular flexibility index (Phi) is 4.93. The maximum absolute atomic E-state index is 12.0. The largest absolute Gasteiger partial charge is 0.480 e. The van der Waals surface area contributed by atoms with E-state index in [-0.39, 0.29) is 18.9 Å². The molecule has 0 spiro atoms. The normalized spacial score (nSPS) is 18.7. The summed E-state index contributed by atoms with van der Waals surface area (Å²) in [5.74, 6) is -1.12. The Labute approximate surface area is 102 Å². The number of rotatable bonds is 5. The summed E-state index contributed by atoms with van der Waals surface area (Å²) in [7, 11) is 0. The van der Waals surface area contributed by atoms with E-state index in [1.807, 2.05) is 0 Å². The molecular weight excluding hydrogens is 220 g/mol. The molecule has 1 saturated carbocycles. The third-order valence-corrected chi connectivity index (χ3v) is 3.41. The van der Waals surface area contributed by atoms with E-state index in [1.165, 1.54) is 11.3 Å². The smallest absolute Gasteiger partial charge is 0.323 e. The first-order valence-corrected chi connectivity index (χ1v) is 6.25. The Morgan fingerprint density at radius 3 is 2.35 bits per heavy atom. The van der Waals surface area contributed by atoms with Crippen molar-refractivity contribution in [2.24, 2.45) is 5.73 Å². The average molecular weight is 242 g/mol. The number of hydrogen-bond donors (Lipinski definition) is 2. The van der Waals surface area contributed by atoms with E-state index in [2.05, 4.69) is 0 Å². The Bertz CT molecular complexity index is 285. The lowest BCUT2D eigenvalue weighted by Crippen LogP contribution is -2.47. The topological polar surface area (TPSA) is 83.6 Å². The number of carboxylic acid groups (broad SMARTS) is 1. The van der Waals surface area contributed by atoms with Crippen LogP contribution >= 0.6 is 0 Å². The Balaban J connectivity index is 2.53.